The van der Waals surface area contributed by atoms with Gasteiger partial charge in [-0.1, -0.05) is 25.1 Å². The Labute approximate surface area is 244 Å². The van der Waals surface area contributed by atoms with E-state index in [0.29, 0.717) is 30.9 Å². The van der Waals surface area contributed by atoms with Crippen molar-refractivity contribution in [3.05, 3.63) is 48.5 Å². The van der Waals surface area contributed by atoms with Gasteiger partial charge in [-0.2, -0.15) is 8.61 Å². The fraction of sp³-hybridized carbons (Fsp3) is 0.444. The minimum atomic E-state index is -3.59. The molecule has 1 N–H and O–H groups in total. The lowest BCUT2D eigenvalue weighted by Gasteiger charge is -2.34. The molecule has 0 saturated carbocycles. The molecule has 2 aliphatic rings. The molecule has 0 radical (unpaired) electrons. The number of rotatable bonds is 10. The van der Waals surface area contributed by atoms with Crippen LogP contribution in [0.2, 0.25) is 0 Å². The highest BCUT2D eigenvalue weighted by molar-refractivity contribution is 7.99. The van der Waals surface area contributed by atoms with Crippen LogP contribution in [0, 0.1) is 0 Å². The van der Waals surface area contributed by atoms with Gasteiger partial charge in [0.2, 0.25) is 31.8 Å². The van der Waals surface area contributed by atoms with Crippen molar-refractivity contribution in [3.8, 4) is 11.5 Å². The fourth-order valence-corrected chi connectivity index (χ4v) is 8.95. The fourth-order valence-electron chi connectivity index (χ4n) is 5.10. The smallest absolute Gasteiger partial charge is 0.277 e. The molecule has 2 aromatic carbocycles. The Morgan fingerprint density at radius 1 is 0.902 bits per heavy atom. The molecule has 2 fully saturated rings. The number of hydrogen-bond acceptors (Lipinski definition) is 9. The van der Waals surface area contributed by atoms with E-state index in [0.717, 1.165) is 50.3 Å². The highest BCUT2D eigenvalue weighted by Crippen LogP contribution is 2.29. The maximum absolute atomic E-state index is 13.2. The van der Waals surface area contributed by atoms with Crippen molar-refractivity contribution in [1.29, 1.82) is 0 Å². The van der Waals surface area contributed by atoms with E-state index in [4.69, 9.17) is 4.42 Å². The number of piperidine rings is 1. The number of nitrogens with one attached hydrogen (secondary N) is 1. The van der Waals surface area contributed by atoms with Crippen molar-refractivity contribution < 1.29 is 26.0 Å². The molecule has 14 heteroatoms. The third-order valence-corrected chi connectivity index (χ3v) is 12.0. The summed E-state index contributed by atoms with van der Waals surface area (Å²) < 4.78 is 60.5. The Hall–Kier alpha value is -2.78. The van der Waals surface area contributed by atoms with Crippen LogP contribution in [0.4, 0.5) is 5.69 Å². The van der Waals surface area contributed by atoms with Gasteiger partial charge in [-0.15, -0.1) is 10.2 Å². The Bertz CT molecular complexity index is 1570. The van der Waals surface area contributed by atoms with Crippen LogP contribution in [0.25, 0.3) is 11.5 Å². The lowest BCUT2D eigenvalue weighted by atomic mass is 10.0. The van der Waals surface area contributed by atoms with Crippen LogP contribution in [0.3, 0.4) is 0 Å². The number of hydrogen-bond donors (Lipinski definition) is 1. The van der Waals surface area contributed by atoms with E-state index >= 15 is 0 Å². The predicted molar refractivity (Wildman–Crippen MR) is 155 cm³/mol. The predicted octanol–water partition coefficient (Wildman–Crippen LogP) is 4.21. The van der Waals surface area contributed by atoms with E-state index in [-0.39, 0.29) is 38.6 Å². The number of aromatic nitrogens is 2. The van der Waals surface area contributed by atoms with Crippen LogP contribution in [0.5, 0.6) is 0 Å². The van der Waals surface area contributed by atoms with Gasteiger partial charge in [0.15, 0.2) is 0 Å². The molecule has 1 amide bonds. The van der Waals surface area contributed by atoms with E-state index in [2.05, 4.69) is 15.5 Å². The summed E-state index contributed by atoms with van der Waals surface area (Å²) in [6.45, 7) is 3.60. The summed E-state index contributed by atoms with van der Waals surface area (Å²) in [5.41, 5.74) is 1.05. The van der Waals surface area contributed by atoms with Crippen molar-refractivity contribution >= 4 is 43.4 Å². The number of anilines is 1. The molecule has 0 aliphatic carbocycles. The highest BCUT2D eigenvalue weighted by atomic mass is 32.2. The van der Waals surface area contributed by atoms with Gasteiger partial charge in [0, 0.05) is 36.9 Å². The minimum Gasteiger partial charge on any atom is -0.411 e. The molecule has 3 aromatic rings. The highest BCUT2D eigenvalue weighted by Gasteiger charge is 2.32. The maximum atomic E-state index is 13.2. The van der Waals surface area contributed by atoms with Gasteiger partial charge in [-0.25, -0.2) is 16.8 Å². The minimum absolute atomic E-state index is 0.000652. The molecule has 0 bridgehead atoms. The van der Waals surface area contributed by atoms with E-state index < -0.39 is 20.0 Å². The number of sulfonamides is 2. The molecule has 0 unspecified atom stereocenters. The quantitative estimate of drug-likeness (QED) is 0.330. The zero-order valence-electron chi connectivity index (χ0n) is 22.7. The van der Waals surface area contributed by atoms with Crippen molar-refractivity contribution in [2.24, 2.45) is 0 Å². The number of carbonyl (C=O) groups excluding carboxylic acids is 1. The van der Waals surface area contributed by atoms with E-state index in [9.17, 15) is 21.6 Å². The SMILES string of the molecule is CC[C@H]1CCCCN1S(=O)(=O)c1ccc(NC(=O)CSc2nnc(-c3ccc(S(=O)(=O)N4CCCC4)cc3)o2)cc1. The summed E-state index contributed by atoms with van der Waals surface area (Å²) in [5, 5.41) is 10.9. The largest absolute Gasteiger partial charge is 0.411 e. The van der Waals surface area contributed by atoms with Crippen LogP contribution in [-0.4, -0.2) is 73.0 Å². The molecule has 1 atom stereocenters. The Morgan fingerprint density at radius 3 is 2.22 bits per heavy atom. The molecule has 220 valence electrons. The zero-order valence-corrected chi connectivity index (χ0v) is 25.2. The molecule has 3 heterocycles. The molecule has 1 aromatic heterocycles. The van der Waals surface area contributed by atoms with Gasteiger partial charge in [0.25, 0.3) is 5.22 Å². The topological polar surface area (TPSA) is 143 Å². The Kier molecular flexibility index (Phi) is 9.14. The first kappa shape index (κ1) is 29.7. The zero-order chi connectivity index (χ0) is 29.0. The summed E-state index contributed by atoms with van der Waals surface area (Å²) in [6, 6.07) is 12.5. The van der Waals surface area contributed by atoms with Gasteiger partial charge in [-0.3, -0.25) is 4.79 Å². The molecule has 2 saturated heterocycles. The van der Waals surface area contributed by atoms with Crippen LogP contribution in [0.1, 0.15) is 45.4 Å². The molecule has 2 aliphatic heterocycles. The standard InChI is InChI=1S/C27H33N5O6S3/c1-2-22-7-3-4-18-32(22)41(36,37)24-14-10-21(11-15-24)28-25(33)19-39-27-30-29-26(38-27)20-8-12-23(13-9-20)40(34,35)31-16-5-6-17-31/h8-15,22H,2-7,16-19H2,1H3,(H,28,33)/t22-/m0/s1. The van der Waals surface area contributed by atoms with Crippen LogP contribution in [0.15, 0.2) is 68.0 Å². The Balaban J connectivity index is 1.15. The summed E-state index contributed by atoms with van der Waals surface area (Å²) in [4.78, 5) is 12.9. The Morgan fingerprint density at radius 2 is 1.54 bits per heavy atom. The second-order valence-corrected chi connectivity index (χ2v) is 14.8. The summed E-state index contributed by atoms with van der Waals surface area (Å²) >= 11 is 1.06. The first-order valence-electron chi connectivity index (χ1n) is 13.7. The normalized spacial score (nSPS) is 18.9. The number of thioether (sulfide) groups is 1. The van der Waals surface area contributed by atoms with Gasteiger partial charge >= 0.3 is 0 Å². The summed E-state index contributed by atoms with van der Waals surface area (Å²) in [6.07, 6.45) is 5.29. The van der Waals surface area contributed by atoms with Crippen molar-refractivity contribution in [2.75, 3.05) is 30.7 Å². The average Bonchev–Trinajstić information content (AvgIpc) is 3.70. The number of nitrogens with zero attached hydrogens (tertiary/aromatic N) is 4. The van der Waals surface area contributed by atoms with Gasteiger partial charge in [0.05, 0.1) is 15.5 Å². The molecule has 0 spiro atoms. The van der Waals surface area contributed by atoms with Gasteiger partial charge < -0.3 is 9.73 Å². The summed E-state index contributed by atoms with van der Waals surface area (Å²) in [5.74, 6) is -0.0987. The third-order valence-electron chi connectivity index (χ3n) is 7.33. The van der Waals surface area contributed by atoms with E-state index in [1.54, 1.807) is 28.6 Å². The van der Waals surface area contributed by atoms with Crippen LogP contribution < -0.4 is 5.32 Å². The average molecular weight is 620 g/mol. The van der Waals surface area contributed by atoms with E-state index in [1.807, 2.05) is 6.92 Å². The van der Waals surface area contributed by atoms with Crippen molar-refractivity contribution in [1.82, 2.24) is 18.8 Å². The molecule has 41 heavy (non-hydrogen) atoms. The number of benzene rings is 2. The molecular weight excluding hydrogens is 587 g/mol. The number of amides is 1. The summed E-state index contributed by atoms with van der Waals surface area (Å²) in [7, 11) is -7.10. The monoisotopic (exact) mass is 619 g/mol. The second kappa shape index (κ2) is 12.6. The number of carbonyl (C=O) groups is 1. The first-order valence-corrected chi connectivity index (χ1v) is 17.5. The van der Waals surface area contributed by atoms with Crippen molar-refractivity contribution in [2.45, 2.75) is 66.5 Å². The van der Waals surface area contributed by atoms with Crippen LogP contribution in [-0.2, 0) is 24.8 Å². The van der Waals surface area contributed by atoms with Crippen LogP contribution >= 0.6 is 11.8 Å². The van der Waals surface area contributed by atoms with E-state index in [1.165, 1.54) is 28.6 Å². The van der Waals surface area contributed by atoms with Crippen molar-refractivity contribution in [3.63, 3.8) is 0 Å². The molecule has 11 nitrogen and oxygen atoms in total. The van der Waals surface area contributed by atoms with Gasteiger partial charge in [-0.05, 0) is 80.6 Å². The maximum Gasteiger partial charge on any atom is 0.277 e. The molecule has 5 rings (SSSR count). The molecular formula is C27H33N5O6S3. The lowest BCUT2D eigenvalue weighted by molar-refractivity contribution is -0.113. The lowest BCUT2D eigenvalue weighted by Crippen LogP contribution is -2.43. The second-order valence-electron chi connectivity index (χ2n) is 10.0. The van der Waals surface area contributed by atoms with Gasteiger partial charge in [0.1, 0.15) is 0 Å². The third kappa shape index (κ3) is 6.67. The first-order chi connectivity index (χ1) is 19.7.